The molecule has 3 aromatic carbocycles. The van der Waals surface area contributed by atoms with Gasteiger partial charge < -0.3 is 4.74 Å². The first-order valence-electron chi connectivity index (χ1n) is 11.2. The molecule has 0 N–H and O–H groups in total. The number of halogens is 2. The van der Waals surface area contributed by atoms with Crippen LogP contribution in [0.5, 0.6) is 5.75 Å². The van der Waals surface area contributed by atoms with Crippen molar-refractivity contribution in [2.24, 2.45) is 5.10 Å². The molecule has 0 radical (unpaired) electrons. The molecule has 1 aromatic heterocycles. The Bertz CT molecular complexity index is 1520. The maximum atomic E-state index is 13.3. The van der Waals surface area contributed by atoms with Gasteiger partial charge in [0.2, 0.25) is 5.75 Å². The maximum absolute atomic E-state index is 13.3. The Balaban J connectivity index is 1.75. The van der Waals surface area contributed by atoms with E-state index in [0.717, 1.165) is 16.5 Å². The molecule has 0 aliphatic carbocycles. The fourth-order valence-corrected chi connectivity index (χ4v) is 4.22. The minimum atomic E-state index is -0.560. The van der Waals surface area contributed by atoms with Gasteiger partial charge in [0, 0.05) is 22.0 Å². The van der Waals surface area contributed by atoms with Gasteiger partial charge in [-0.15, -0.1) is 0 Å². The zero-order valence-corrected chi connectivity index (χ0v) is 21.9. The summed E-state index contributed by atoms with van der Waals surface area (Å²) in [7, 11) is 0. The number of benzene rings is 3. The Morgan fingerprint density at radius 2 is 1.97 bits per heavy atom. The van der Waals surface area contributed by atoms with Crippen LogP contribution in [0.1, 0.15) is 43.1 Å². The van der Waals surface area contributed by atoms with E-state index in [-0.39, 0.29) is 34.5 Å². The number of ether oxygens (including phenoxy) is 1. The molecule has 0 saturated heterocycles. The van der Waals surface area contributed by atoms with Crippen molar-refractivity contribution >= 4 is 50.3 Å². The lowest BCUT2D eigenvalue weighted by atomic mass is 10.1. The molecule has 0 fully saturated rings. The summed E-state index contributed by atoms with van der Waals surface area (Å²) in [6.07, 6.45) is 2.10. The molecular formula is C26H22BrClN4O4. The van der Waals surface area contributed by atoms with E-state index in [1.54, 1.807) is 12.1 Å². The topological polar surface area (TPSA) is 99.6 Å². The highest BCUT2D eigenvalue weighted by atomic mass is 79.9. The van der Waals surface area contributed by atoms with Gasteiger partial charge in [0.25, 0.3) is 5.56 Å². The molecule has 0 amide bonds. The first-order valence-corrected chi connectivity index (χ1v) is 12.4. The standard InChI is InChI=1S/C26H22BrClN4O4/c1-3-16(2)25-30-22-10-9-19(27)13-20(22)26(33)31(25)29-14-18-11-21(28)24(23(12-18)32(34)35)36-15-17-7-5-4-6-8-17/h4-14,16H,3,15H2,1-2H3/t16-/m0/s1. The van der Waals surface area contributed by atoms with Crippen molar-refractivity contribution in [1.29, 1.82) is 0 Å². The monoisotopic (exact) mass is 568 g/mol. The van der Waals surface area contributed by atoms with Gasteiger partial charge in [-0.3, -0.25) is 14.9 Å². The largest absolute Gasteiger partial charge is 0.481 e. The molecule has 0 aliphatic heterocycles. The summed E-state index contributed by atoms with van der Waals surface area (Å²) < 4.78 is 7.67. The van der Waals surface area contributed by atoms with Gasteiger partial charge in [-0.05, 0) is 36.2 Å². The number of nitro groups is 1. The van der Waals surface area contributed by atoms with E-state index in [1.807, 2.05) is 50.2 Å². The van der Waals surface area contributed by atoms with Gasteiger partial charge >= 0.3 is 5.69 Å². The third kappa shape index (κ3) is 5.47. The zero-order valence-electron chi connectivity index (χ0n) is 19.5. The van der Waals surface area contributed by atoms with Crippen molar-refractivity contribution in [3.63, 3.8) is 0 Å². The first-order chi connectivity index (χ1) is 17.3. The lowest BCUT2D eigenvalue weighted by Crippen LogP contribution is -2.23. The minimum absolute atomic E-state index is 0.0302. The number of rotatable bonds is 8. The third-order valence-electron chi connectivity index (χ3n) is 5.68. The number of nitro benzene ring substituents is 1. The van der Waals surface area contributed by atoms with Crippen LogP contribution in [-0.2, 0) is 6.61 Å². The summed E-state index contributed by atoms with van der Waals surface area (Å²) in [5.74, 6) is 0.420. The number of fused-ring (bicyclic) bond motifs is 1. The Morgan fingerprint density at radius 3 is 2.67 bits per heavy atom. The predicted molar refractivity (Wildman–Crippen MR) is 144 cm³/mol. The average Bonchev–Trinajstić information content (AvgIpc) is 2.87. The fraction of sp³-hybridized carbons (Fsp3) is 0.192. The van der Waals surface area contributed by atoms with Crippen LogP contribution in [0.25, 0.3) is 10.9 Å². The lowest BCUT2D eigenvalue weighted by Gasteiger charge is -2.14. The van der Waals surface area contributed by atoms with Crippen molar-refractivity contribution in [3.8, 4) is 5.75 Å². The highest BCUT2D eigenvalue weighted by Crippen LogP contribution is 2.36. The quantitative estimate of drug-likeness (QED) is 0.134. The molecule has 36 heavy (non-hydrogen) atoms. The van der Waals surface area contributed by atoms with Crippen molar-refractivity contribution in [3.05, 3.63) is 108 Å². The SMILES string of the molecule is CC[C@H](C)c1nc2ccc(Br)cc2c(=O)n1N=Cc1cc(Cl)c(OCc2ccccc2)c([N+](=O)[O-])c1. The Hall–Kier alpha value is -3.56. The number of hydrogen-bond donors (Lipinski definition) is 0. The Kier molecular flexibility index (Phi) is 7.81. The molecule has 0 saturated carbocycles. The molecule has 4 rings (SSSR count). The first kappa shape index (κ1) is 25.5. The Labute approximate surface area is 220 Å². The summed E-state index contributed by atoms with van der Waals surface area (Å²) in [5.41, 5.74) is 1.13. The smallest absolute Gasteiger partial charge is 0.313 e. The molecule has 4 aromatic rings. The van der Waals surface area contributed by atoms with E-state index < -0.39 is 4.92 Å². The normalized spacial score (nSPS) is 12.2. The van der Waals surface area contributed by atoms with Crippen LogP contribution in [0.4, 0.5) is 5.69 Å². The predicted octanol–water partition coefficient (Wildman–Crippen LogP) is 6.70. The van der Waals surface area contributed by atoms with Gasteiger partial charge in [0.1, 0.15) is 12.4 Å². The third-order valence-corrected chi connectivity index (χ3v) is 6.45. The number of nitrogens with zero attached hydrogens (tertiary/aromatic N) is 4. The van der Waals surface area contributed by atoms with Crippen LogP contribution in [-0.4, -0.2) is 20.8 Å². The highest BCUT2D eigenvalue weighted by molar-refractivity contribution is 9.10. The van der Waals surface area contributed by atoms with Crippen LogP contribution < -0.4 is 10.3 Å². The second kappa shape index (κ2) is 11.0. The summed E-state index contributed by atoms with van der Waals surface area (Å²) in [6.45, 7) is 4.08. The van der Waals surface area contributed by atoms with Crippen molar-refractivity contribution in [1.82, 2.24) is 9.66 Å². The maximum Gasteiger partial charge on any atom is 0.313 e. The molecule has 0 bridgehead atoms. The van der Waals surface area contributed by atoms with E-state index in [4.69, 9.17) is 16.3 Å². The van der Waals surface area contributed by atoms with Crippen LogP contribution in [0.2, 0.25) is 5.02 Å². The van der Waals surface area contributed by atoms with Crippen molar-refractivity contribution in [2.45, 2.75) is 32.8 Å². The molecule has 10 heteroatoms. The van der Waals surface area contributed by atoms with Gasteiger partial charge in [-0.25, -0.2) is 4.98 Å². The summed E-state index contributed by atoms with van der Waals surface area (Å²) >= 11 is 9.77. The Morgan fingerprint density at radius 1 is 1.22 bits per heavy atom. The molecule has 0 aliphatic rings. The second-order valence-corrected chi connectivity index (χ2v) is 9.51. The summed E-state index contributed by atoms with van der Waals surface area (Å²) in [6, 6.07) is 17.4. The molecule has 1 heterocycles. The highest BCUT2D eigenvalue weighted by Gasteiger charge is 2.21. The molecule has 1 atom stereocenters. The molecule has 0 unspecified atom stereocenters. The van der Waals surface area contributed by atoms with E-state index in [1.165, 1.54) is 23.0 Å². The molecule has 184 valence electrons. The number of aromatic nitrogens is 2. The summed E-state index contributed by atoms with van der Waals surface area (Å²) in [5, 5.41) is 16.6. The minimum Gasteiger partial charge on any atom is -0.481 e. The molecule has 0 spiro atoms. The summed E-state index contributed by atoms with van der Waals surface area (Å²) in [4.78, 5) is 29.2. The van der Waals surface area contributed by atoms with Gasteiger partial charge in [0.05, 0.1) is 27.1 Å². The molecular weight excluding hydrogens is 548 g/mol. The van der Waals surface area contributed by atoms with Crippen LogP contribution >= 0.6 is 27.5 Å². The van der Waals surface area contributed by atoms with Crippen molar-refractivity contribution in [2.75, 3.05) is 0 Å². The van der Waals surface area contributed by atoms with Gasteiger partial charge in [0.15, 0.2) is 0 Å². The zero-order chi connectivity index (χ0) is 25.8. The number of hydrogen-bond acceptors (Lipinski definition) is 6. The van der Waals surface area contributed by atoms with E-state index in [2.05, 4.69) is 26.0 Å². The van der Waals surface area contributed by atoms with Crippen molar-refractivity contribution < 1.29 is 9.66 Å². The van der Waals surface area contributed by atoms with Crippen LogP contribution in [0.3, 0.4) is 0 Å². The van der Waals surface area contributed by atoms with Crippen LogP contribution in [0, 0.1) is 10.1 Å². The van der Waals surface area contributed by atoms with Gasteiger partial charge in [-0.1, -0.05) is 71.7 Å². The average molecular weight is 570 g/mol. The van der Waals surface area contributed by atoms with E-state index in [0.29, 0.717) is 22.3 Å². The van der Waals surface area contributed by atoms with Gasteiger partial charge in [-0.2, -0.15) is 9.78 Å². The van der Waals surface area contributed by atoms with Crippen LogP contribution in [0.15, 0.2) is 75.0 Å². The second-order valence-electron chi connectivity index (χ2n) is 8.18. The lowest BCUT2D eigenvalue weighted by molar-refractivity contribution is -0.385. The fourth-order valence-electron chi connectivity index (χ4n) is 3.59. The van der Waals surface area contributed by atoms with E-state index >= 15 is 0 Å². The molecule has 8 nitrogen and oxygen atoms in total. The van der Waals surface area contributed by atoms with E-state index in [9.17, 15) is 14.9 Å².